The topological polar surface area (TPSA) is 110 Å². The SMILES string of the molecule is CN(CC(F)(F)F)C(=O)Cn1nc(C2CN(C(=O)c3ccnc(N)n3)C2)c2cc(Cl)ccc21. The van der Waals surface area contributed by atoms with Gasteiger partial charge in [-0.15, -0.1) is 0 Å². The summed E-state index contributed by atoms with van der Waals surface area (Å²) in [6, 6.07) is 6.44. The van der Waals surface area contributed by atoms with Gasteiger partial charge in [0, 0.05) is 42.7 Å². The second kappa shape index (κ2) is 8.50. The highest BCUT2D eigenvalue weighted by atomic mass is 35.5. The molecule has 0 unspecified atom stereocenters. The number of nitrogens with zero attached hydrogens (tertiary/aromatic N) is 6. The van der Waals surface area contributed by atoms with Gasteiger partial charge in [-0.2, -0.15) is 18.3 Å². The normalized spacial score (nSPS) is 14.4. The van der Waals surface area contributed by atoms with Gasteiger partial charge in [0.25, 0.3) is 5.91 Å². The highest BCUT2D eigenvalue weighted by Gasteiger charge is 2.36. The molecule has 1 fully saturated rings. The van der Waals surface area contributed by atoms with Gasteiger partial charge < -0.3 is 15.5 Å². The van der Waals surface area contributed by atoms with Crippen molar-refractivity contribution in [2.24, 2.45) is 0 Å². The number of likely N-dealkylation sites (N-methyl/N-ethyl adjacent to an activating group) is 1. The number of hydrogen-bond acceptors (Lipinski definition) is 6. The standard InChI is InChI=1S/C20H19ClF3N7O2/c1-29(10-20(22,23)24)16(32)9-31-15-3-2-12(21)6-13(15)17(28-31)11-7-30(8-11)18(33)14-4-5-26-19(25)27-14/h2-6,11H,7-10H2,1H3,(H2,25,26,27). The largest absolute Gasteiger partial charge is 0.406 e. The van der Waals surface area contributed by atoms with Crippen LogP contribution in [0.25, 0.3) is 10.9 Å². The highest BCUT2D eigenvalue weighted by molar-refractivity contribution is 6.31. The number of amides is 2. The van der Waals surface area contributed by atoms with Gasteiger partial charge >= 0.3 is 6.18 Å². The van der Waals surface area contributed by atoms with Gasteiger partial charge in [0.1, 0.15) is 18.8 Å². The van der Waals surface area contributed by atoms with Crippen molar-refractivity contribution in [1.82, 2.24) is 29.5 Å². The van der Waals surface area contributed by atoms with Crippen molar-refractivity contribution in [2.75, 3.05) is 32.4 Å². The minimum atomic E-state index is -4.49. The summed E-state index contributed by atoms with van der Waals surface area (Å²) in [4.78, 5) is 34.8. The van der Waals surface area contributed by atoms with Crippen LogP contribution in [-0.2, 0) is 11.3 Å². The molecule has 0 spiro atoms. The van der Waals surface area contributed by atoms with Crippen molar-refractivity contribution < 1.29 is 22.8 Å². The van der Waals surface area contributed by atoms with Gasteiger partial charge in [-0.25, -0.2) is 9.97 Å². The average molecular weight is 482 g/mol. The molecule has 0 radical (unpaired) electrons. The Bertz CT molecular complexity index is 1220. The monoisotopic (exact) mass is 481 g/mol. The van der Waals surface area contributed by atoms with Crippen molar-refractivity contribution in [3.63, 3.8) is 0 Å². The number of anilines is 1. The predicted molar refractivity (Wildman–Crippen MR) is 114 cm³/mol. The fourth-order valence-corrected chi connectivity index (χ4v) is 3.85. The van der Waals surface area contributed by atoms with Crippen LogP contribution in [-0.4, -0.2) is 74.2 Å². The number of nitrogens with two attached hydrogens (primary N) is 1. The molecule has 1 saturated heterocycles. The Morgan fingerprint density at radius 1 is 1.27 bits per heavy atom. The summed E-state index contributed by atoms with van der Waals surface area (Å²) < 4.78 is 39.3. The van der Waals surface area contributed by atoms with E-state index in [9.17, 15) is 22.8 Å². The number of nitrogen functional groups attached to an aromatic ring is 1. The molecule has 2 aromatic heterocycles. The number of halogens is 4. The molecule has 0 saturated carbocycles. The quantitative estimate of drug-likeness (QED) is 0.599. The molecule has 1 aliphatic rings. The third kappa shape index (κ3) is 4.85. The molecular formula is C20H19ClF3N7O2. The van der Waals surface area contributed by atoms with E-state index in [4.69, 9.17) is 17.3 Å². The Hall–Kier alpha value is -3.41. The summed E-state index contributed by atoms with van der Waals surface area (Å²) in [5.41, 5.74) is 6.90. The fraction of sp³-hybridized carbons (Fsp3) is 0.350. The lowest BCUT2D eigenvalue weighted by molar-refractivity contribution is -0.158. The summed E-state index contributed by atoms with van der Waals surface area (Å²) >= 11 is 6.14. The first kappa shape index (κ1) is 22.8. The Balaban J connectivity index is 1.54. The zero-order chi connectivity index (χ0) is 23.9. The highest BCUT2D eigenvalue weighted by Crippen LogP contribution is 2.34. The van der Waals surface area contributed by atoms with Gasteiger partial charge in [-0.1, -0.05) is 11.6 Å². The number of alkyl halides is 3. The van der Waals surface area contributed by atoms with Crippen LogP contribution in [0.3, 0.4) is 0 Å². The maximum Gasteiger partial charge on any atom is 0.406 e. The molecule has 9 nitrogen and oxygen atoms in total. The van der Waals surface area contributed by atoms with Gasteiger partial charge in [0.05, 0.1) is 11.2 Å². The molecule has 174 valence electrons. The summed E-state index contributed by atoms with van der Waals surface area (Å²) in [7, 11) is 1.09. The second-order valence-electron chi connectivity index (χ2n) is 7.78. The van der Waals surface area contributed by atoms with E-state index in [1.54, 1.807) is 23.1 Å². The molecule has 2 N–H and O–H groups in total. The summed E-state index contributed by atoms with van der Waals surface area (Å²) in [5.74, 6) is -1.17. The van der Waals surface area contributed by atoms with Crippen molar-refractivity contribution in [1.29, 1.82) is 0 Å². The van der Waals surface area contributed by atoms with Crippen LogP contribution in [0, 0.1) is 0 Å². The number of carbonyl (C=O) groups excluding carboxylic acids is 2. The summed E-state index contributed by atoms with van der Waals surface area (Å²) in [6.07, 6.45) is -3.09. The molecule has 1 aliphatic heterocycles. The predicted octanol–water partition coefficient (Wildman–Crippen LogP) is 2.32. The zero-order valence-electron chi connectivity index (χ0n) is 17.4. The number of hydrogen-bond donors (Lipinski definition) is 1. The first-order valence-corrected chi connectivity index (χ1v) is 10.2. The Morgan fingerprint density at radius 2 is 2.00 bits per heavy atom. The summed E-state index contributed by atoms with van der Waals surface area (Å²) in [6.45, 7) is -1.01. The zero-order valence-corrected chi connectivity index (χ0v) is 18.1. The summed E-state index contributed by atoms with van der Waals surface area (Å²) in [5, 5.41) is 5.63. The van der Waals surface area contributed by atoms with E-state index in [1.165, 1.54) is 16.9 Å². The molecule has 1 aromatic carbocycles. The van der Waals surface area contributed by atoms with E-state index in [-0.39, 0.29) is 30.0 Å². The Kier molecular flexibility index (Phi) is 5.87. The molecule has 13 heteroatoms. The van der Waals surface area contributed by atoms with Gasteiger partial charge in [0.2, 0.25) is 11.9 Å². The number of aromatic nitrogens is 4. The van der Waals surface area contributed by atoms with E-state index in [0.29, 0.717) is 39.6 Å². The van der Waals surface area contributed by atoms with E-state index in [2.05, 4.69) is 15.1 Å². The lowest BCUT2D eigenvalue weighted by Crippen LogP contribution is -2.49. The number of likely N-dealkylation sites (tertiary alicyclic amines) is 1. The number of fused-ring (bicyclic) bond motifs is 1. The van der Waals surface area contributed by atoms with E-state index in [0.717, 1.165) is 7.05 Å². The van der Waals surface area contributed by atoms with Crippen LogP contribution >= 0.6 is 11.6 Å². The van der Waals surface area contributed by atoms with Crippen molar-refractivity contribution in [3.05, 3.63) is 46.9 Å². The van der Waals surface area contributed by atoms with E-state index >= 15 is 0 Å². The number of carbonyl (C=O) groups is 2. The van der Waals surface area contributed by atoms with Crippen molar-refractivity contribution in [2.45, 2.75) is 18.6 Å². The molecule has 0 atom stereocenters. The number of benzene rings is 1. The second-order valence-corrected chi connectivity index (χ2v) is 8.21. The Morgan fingerprint density at radius 3 is 2.67 bits per heavy atom. The molecule has 4 rings (SSSR count). The lowest BCUT2D eigenvalue weighted by atomic mass is 9.93. The first-order chi connectivity index (χ1) is 15.5. The van der Waals surface area contributed by atoms with Crippen molar-refractivity contribution in [3.8, 4) is 0 Å². The first-order valence-electron chi connectivity index (χ1n) is 9.86. The lowest BCUT2D eigenvalue weighted by Gasteiger charge is -2.38. The molecule has 2 amide bonds. The van der Waals surface area contributed by atoms with Crippen LogP contribution in [0.15, 0.2) is 30.5 Å². The molecule has 3 aromatic rings. The Labute approximate surface area is 190 Å². The molecular weight excluding hydrogens is 463 g/mol. The van der Waals surface area contributed by atoms with Crippen LogP contribution in [0.1, 0.15) is 22.1 Å². The average Bonchev–Trinajstić information content (AvgIpc) is 3.02. The van der Waals surface area contributed by atoms with Crippen LogP contribution < -0.4 is 5.73 Å². The van der Waals surface area contributed by atoms with Crippen LogP contribution in [0.5, 0.6) is 0 Å². The minimum Gasteiger partial charge on any atom is -0.368 e. The minimum absolute atomic E-state index is 0.00235. The number of rotatable bonds is 5. The molecule has 3 heterocycles. The van der Waals surface area contributed by atoms with Crippen LogP contribution in [0.2, 0.25) is 5.02 Å². The third-order valence-electron chi connectivity index (χ3n) is 5.32. The maximum absolute atomic E-state index is 12.6. The molecule has 33 heavy (non-hydrogen) atoms. The smallest absolute Gasteiger partial charge is 0.368 e. The van der Waals surface area contributed by atoms with Gasteiger partial charge in [0.15, 0.2) is 0 Å². The van der Waals surface area contributed by atoms with E-state index < -0.39 is 18.6 Å². The molecule has 0 bridgehead atoms. The molecule has 0 aliphatic carbocycles. The fourth-order valence-electron chi connectivity index (χ4n) is 3.68. The van der Waals surface area contributed by atoms with Crippen molar-refractivity contribution >= 4 is 40.3 Å². The van der Waals surface area contributed by atoms with Gasteiger partial charge in [-0.3, -0.25) is 14.3 Å². The van der Waals surface area contributed by atoms with Crippen LogP contribution in [0.4, 0.5) is 19.1 Å². The van der Waals surface area contributed by atoms with E-state index in [1.807, 2.05) is 0 Å². The maximum atomic E-state index is 12.6. The third-order valence-corrected chi connectivity index (χ3v) is 5.55. The van der Waals surface area contributed by atoms with Gasteiger partial charge in [-0.05, 0) is 24.3 Å².